The van der Waals surface area contributed by atoms with Gasteiger partial charge in [-0.3, -0.25) is 14.4 Å². The van der Waals surface area contributed by atoms with Gasteiger partial charge >= 0.3 is 17.9 Å². The summed E-state index contributed by atoms with van der Waals surface area (Å²) in [6.07, 6.45) is 78.5. The van der Waals surface area contributed by atoms with E-state index in [2.05, 4.69) is 69.4 Å². The fourth-order valence-corrected chi connectivity index (χ4v) is 9.73. The molecule has 0 heterocycles. The summed E-state index contributed by atoms with van der Waals surface area (Å²) in [5.41, 5.74) is 0. The molecule has 0 aliphatic heterocycles. The van der Waals surface area contributed by atoms with Crippen molar-refractivity contribution >= 4 is 17.9 Å². The Bertz CT molecular complexity index is 1280. The van der Waals surface area contributed by atoms with E-state index in [-0.39, 0.29) is 31.1 Å². The summed E-state index contributed by atoms with van der Waals surface area (Å²) in [7, 11) is 0. The first kappa shape index (κ1) is 71.4. The minimum atomic E-state index is -0.767. The van der Waals surface area contributed by atoms with Gasteiger partial charge < -0.3 is 14.2 Å². The third-order valence-electron chi connectivity index (χ3n) is 14.6. The average molecular weight is 1040 g/mol. The van der Waals surface area contributed by atoms with Gasteiger partial charge in [0.2, 0.25) is 0 Å². The molecule has 6 heteroatoms. The van der Waals surface area contributed by atoms with Crippen molar-refractivity contribution in [2.24, 2.45) is 0 Å². The number of allylic oxidation sites excluding steroid dienone is 8. The topological polar surface area (TPSA) is 78.9 Å². The van der Waals surface area contributed by atoms with Crippen molar-refractivity contribution < 1.29 is 28.6 Å². The Morgan fingerprint density at radius 2 is 0.527 bits per heavy atom. The van der Waals surface area contributed by atoms with Crippen LogP contribution in [0.15, 0.2) is 48.6 Å². The number of unbranched alkanes of at least 4 members (excludes halogenated alkanes) is 41. The van der Waals surface area contributed by atoms with Gasteiger partial charge in [0.1, 0.15) is 13.2 Å². The van der Waals surface area contributed by atoms with Crippen LogP contribution in [0.5, 0.6) is 0 Å². The van der Waals surface area contributed by atoms with Crippen molar-refractivity contribution in [2.45, 2.75) is 354 Å². The Kier molecular flexibility index (Phi) is 60.7. The van der Waals surface area contributed by atoms with E-state index in [1.54, 1.807) is 0 Å². The van der Waals surface area contributed by atoms with Crippen molar-refractivity contribution in [3.05, 3.63) is 48.6 Å². The molecule has 1 atom stereocenters. The van der Waals surface area contributed by atoms with E-state index in [9.17, 15) is 14.4 Å². The lowest BCUT2D eigenvalue weighted by atomic mass is 10.0. The molecule has 0 aliphatic carbocycles. The monoisotopic (exact) mass is 1040 g/mol. The molecule has 0 fully saturated rings. The maximum absolute atomic E-state index is 12.9. The third kappa shape index (κ3) is 60.2. The van der Waals surface area contributed by atoms with Crippen molar-refractivity contribution in [1.29, 1.82) is 0 Å². The number of carbonyl (C=O) groups excluding carboxylic acids is 3. The smallest absolute Gasteiger partial charge is 0.306 e. The zero-order valence-corrected chi connectivity index (χ0v) is 49.6. The van der Waals surface area contributed by atoms with Crippen LogP contribution < -0.4 is 0 Å². The van der Waals surface area contributed by atoms with Crippen LogP contribution in [0.2, 0.25) is 0 Å². The van der Waals surface area contributed by atoms with E-state index >= 15 is 0 Å². The second-order valence-electron chi connectivity index (χ2n) is 22.0. The molecule has 0 radical (unpaired) electrons. The zero-order chi connectivity index (χ0) is 53.6. The maximum atomic E-state index is 12.9. The van der Waals surface area contributed by atoms with Crippen molar-refractivity contribution in [1.82, 2.24) is 0 Å². The van der Waals surface area contributed by atoms with Crippen LogP contribution in [0.4, 0.5) is 0 Å². The molecule has 0 aromatic heterocycles. The summed E-state index contributed by atoms with van der Waals surface area (Å²) >= 11 is 0. The SMILES string of the molecule is CC/C=C\C/C=C\C/C=C\C/C=C\CCCCCCCCCCCCCCCCCCC(=O)OCC(COC(=O)CCCCCCCCCCC)OC(=O)CCCCCCCCCCCCCCCCCCCC. The highest BCUT2D eigenvalue weighted by atomic mass is 16.6. The molecule has 0 aromatic rings. The fraction of sp³-hybridized carbons (Fsp3) is 0.838. The van der Waals surface area contributed by atoms with E-state index in [0.717, 1.165) is 83.5 Å². The van der Waals surface area contributed by atoms with E-state index < -0.39 is 6.10 Å². The molecule has 0 saturated carbocycles. The van der Waals surface area contributed by atoms with Crippen molar-refractivity contribution in [2.75, 3.05) is 13.2 Å². The molecular formula is C68H124O6. The fourth-order valence-electron chi connectivity index (χ4n) is 9.73. The maximum Gasteiger partial charge on any atom is 0.306 e. The minimum absolute atomic E-state index is 0.0664. The summed E-state index contributed by atoms with van der Waals surface area (Å²) in [5.74, 6) is -0.845. The predicted octanol–water partition coefficient (Wildman–Crippen LogP) is 22.2. The van der Waals surface area contributed by atoms with Crippen LogP contribution >= 0.6 is 0 Å². The molecule has 0 bridgehead atoms. The standard InChI is InChI=1S/C68H124O6/c1-4-7-10-13-16-19-21-23-25-27-29-30-31-32-33-34-35-36-37-38-39-41-42-44-46-49-52-55-58-61-67(70)73-64-65(63-72-66(69)60-57-54-51-48-18-15-12-9-6-3)74-68(71)62-59-56-53-50-47-45-43-40-28-26-24-22-20-17-14-11-8-5-2/h7,10,16,19,23,25,29-30,65H,4-6,8-9,11-15,17-18,20-22,24,26-28,31-64H2,1-3H3/b10-7-,19-16-,25-23-,30-29-. The van der Waals surface area contributed by atoms with E-state index in [1.807, 2.05) is 0 Å². The lowest BCUT2D eigenvalue weighted by molar-refractivity contribution is -0.167. The van der Waals surface area contributed by atoms with E-state index in [4.69, 9.17) is 14.2 Å². The molecule has 0 rings (SSSR count). The van der Waals surface area contributed by atoms with E-state index in [0.29, 0.717) is 19.3 Å². The molecule has 0 aliphatic rings. The predicted molar refractivity (Wildman–Crippen MR) is 321 cm³/mol. The molecule has 0 spiro atoms. The van der Waals surface area contributed by atoms with Gasteiger partial charge in [-0.15, -0.1) is 0 Å². The molecular weight excluding hydrogens is 913 g/mol. The van der Waals surface area contributed by atoms with Crippen molar-refractivity contribution in [3.8, 4) is 0 Å². The van der Waals surface area contributed by atoms with Crippen LogP contribution in [-0.2, 0) is 28.6 Å². The molecule has 0 N–H and O–H groups in total. The quantitative estimate of drug-likeness (QED) is 0.0261. The van der Waals surface area contributed by atoms with Crippen LogP contribution in [-0.4, -0.2) is 37.2 Å². The summed E-state index contributed by atoms with van der Waals surface area (Å²) in [5, 5.41) is 0. The van der Waals surface area contributed by atoms with Gasteiger partial charge in [-0.25, -0.2) is 0 Å². The number of ether oxygens (including phenoxy) is 3. The Balaban J connectivity index is 4.10. The highest BCUT2D eigenvalue weighted by Crippen LogP contribution is 2.18. The molecule has 0 aromatic carbocycles. The summed E-state index contributed by atoms with van der Waals surface area (Å²) < 4.78 is 16.9. The van der Waals surface area contributed by atoms with Gasteiger partial charge in [-0.2, -0.15) is 0 Å². The third-order valence-corrected chi connectivity index (χ3v) is 14.6. The van der Waals surface area contributed by atoms with Crippen LogP contribution in [0.3, 0.4) is 0 Å². The second-order valence-corrected chi connectivity index (χ2v) is 22.0. The first-order valence-corrected chi connectivity index (χ1v) is 32.6. The average Bonchev–Trinajstić information content (AvgIpc) is 3.40. The minimum Gasteiger partial charge on any atom is -0.462 e. The van der Waals surface area contributed by atoms with Gasteiger partial charge in [-0.05, 0) is 57.8 Å². The molecule has 6 nitrogen and oxygen atoms in total. The number of hydrogen-bond acceptors (Lipinski definition) is 6. The Morgan fingerprint density at radius 1 is 0.284 bits per heavy atom. The summed E-state index contributed by atoms with van der Waals surface area (Å²) in [6, 6.07) is 0. The largest absolute Gasteiger partial charge is 0.462 e. The van der Waals surface area contributed by atoms with Gasteiger partial charge in [0.15, 0.2) is 6.10 Å². The van der Waals surface area contributed by atoms with Crippen molar-refractivity contribution in [3.63, 3.8) is 0 Å². The van der Waals surface area contributed by atoms with Gasteiger partial charge in [0.05, 0.1) is 0 Å². The molecule has 1 unspecified atom stereocenters. The zero-order valence-electron chi connectivity index (χ0n) is 49.6. The number of hydrogen-bond donors (Lipinski definition) is 0. The van der Waals surface area contributed by atoms with Gasteiger partial charge in [-0.1, -0.05) is 320 Å². The number of rotatable bonds is 60. The lowest BCUT2D eigenvalue weighted by Gasteiger charge is -2.18. The number of carbonyl (C=O) groups is 3. The first-order chi connectivity index (χ1) is 36.5. The lowest BCUT2D eigenvalue weighted by Crippen LogP contribution is -2.30. The highest BCUT2D eigenvalue weighted by molar-refractivity contribution is 5.71. The molecule has 0 amide bonds. The molecule has 74 heavy (non-hydrogen) atoms. The van der Waals surface area contributed by atoms with Gasteiger partial charge in [0.25, 0.3) is 0 Å². The second kappa shape index (κ2) is 62.9. The Morgan fingerprint density at radius 3 is 0.824 bits per heavy atom. The van der Waals surface area contributed by atoms with Crippen LogP contribution in [0.1, 0.15) is 348 Å². The summed E-state index contributed by atoms with van der Waals surface area (Å²) in [6.45, 7) is 6.57. The Labute approximate surface area is 460 Å². The molecule has 0 saturated heterocycles. The molecule has 432 valence electrons. The van der Waals surface area contributed by atoms with Crippen LogP contribution in [0, 0.1) is 0 Å². The van der Waals surface area contributed by atoms with Gasteiger partial charge in [0, 0.05) is 19.3 Å². The Hall–Kier alpha value is -2.63. The number of esters is 3. The normalized spacial score (nSPS) is 12.3. The summed E-state index contributed by atoms with van der Waals surface area (Å²) in [4.78, 5) is 38.2. The first-order valence-electron chi connectivity index (χ1n) is 32.6. The van der Waals surface area contributed by atoms with Crippen LogP contribution in [0.25, 0.3) is 0 Å². The van der Waals surface area contributed by atoms with E-state index in [1.165, 1.54) is 225 Å². The highest BCUT2D eigenvalue weighted by Gasteiger charge is 2.19.